The lowest BCUT2D eigenvalue weighted by molar-refractivity contribution is 0.184. The summed E-state index contributed by atoms with van der Waals surface area (Å²) in [7, 11) is 1.72. The van der Waals surface area contributed by atoms with Crippen LogP contribution in [0, 0.1) is 0 Å². The second-order valence-electron chi connectivity index (χ2n) is 5.03. The lowest BCUT2D eigenvalue weighted by Crippen LogP contribution is -2.37. The minimum atomic E-state index is 0. The van der Waals surface area contributed by atoms with Gasteiger partial charge in [-0.15, -0.1) is 24.0 Å². The highest BCUT2D eigenvalue weighted by molar-refractivity contribution is 14.0. The van der Waals surface area contributed by atoms with Crippen LogP contribution in [0.1, 0.15) is 44.2 Å². The number of unbranched alkanes of at least 4 members (excludes halogenated alkanes) is 2. The van der Waals surface area contributed by atoms with Crippen LogP contribution in [-0.4, -0.2) is 26.2 Å². The molecule has 0 amide bonds. The first-order chi connectivity index (χ1) is 10.3. The van der Waals surface area contributed by atoms with Gasteiger partial charge < -0.3 is 15.4 Å². The van der Waals surface area contributed by atoms with Gasteiger partial charge in [0.1, 0.15) is 0 Å². The van der Waals surface area contributed by atoms with Crippen LogP contribution in [0.3, 0.4) is 0 Å². The van der Waals surface area contributed by atoms with Crippen LogP contribution in [0.15, 0.2) is 29.3 Å². The third kappa shape index (κ3) is 8.58. The maximum atomic E-state index is 5.23. The van der Waals surface area contributed by atoms with E-state index in [4.69, 9.17) is 4.74 Å². The molecule has 0 spiro atoms. The molecule has 0 aliphatic carbocycles. The molecular formula is C17H30IN3O. The zero-order valence-electron chi connectivity index (χ0n) is 14.0. The average Bonchev–Trinajstić information content (AvgIpc) is 2.50. The van der Waals surface area contributed by atoms with Crippen molar-refractivity contribution in [3.05, 3.63) is 35.4 Å². The molecule has 0 aromatic heterocycles. The van der Waals surface area contributed by atoms with E-state index >= 15 is 0 Å². The van der Waals surface area contributed by atoms with Crippen molar-refractivity contribution in [2.75, 3.05) is 20.2 Å². The molecule has 0 saturated carbocycles. The Morgan fingerprint density at radius 1 is 1.09 bits per heavy atom. The third-order valence-corrected chi connectivity index (χ3v) is 3.24. The summed E-state index contributed by atoms with van der Waals surface area (Å²) in [6, 6.07) is 8.29. The molecule has 2 N–H and O–H groups in total. The molecule has 1 aromatic carbocycles. The monoisotopic (exact) mass is 419 g/mol. The molecule has 22 heavy (non-hydrogen) atoms. The minimum absolute atomic E-state index is 0. The fourth-order valence-corrected chi connectivity index (χ4v) is 2.10. The van der Waals surface area contributed by atoms with E-state index in [0.29, 0.717) is 13.2 Å². The molecule has 5 heteroatoms. The van der Waals surface area contributed by atoms with Crippen molar-refractivity contribution in [2.45, 2.75) is 46.3 Å². The van der Waals surface area contributed by atoms with Gasteiger partial charge in [-0.1, -0.05) is 44.0 Å². The molecular weight excluding hydrogens is 389 g/mol. The van der Waals surface area contributed by atoms with Crippen molar-refractivity contribution < 1.29 is 4.74 Å². The third-order valence-electron chi connectivity index (χ3n) is 3.24. The van der Waals surface area contributed by atoms with Crippen LogP contribution in [0.25, 0.3) is 0 Å². The average molecular weight is 419 g/mol. The Morgan fingerprint density at radius 3 is 2.45 bits per heavy atom. The molecule has 0 aliphatic rings. The summed E-state index contributed by atoms with van der Waals surface area (Å²) in [5.74, 6) is 0.890. The van der Waals surface area contributed by atoms with Crippen LogP contribution in [0.5, 0.6) is 0 Å². The van der Waals surface area contributed by atoms with Crippen molar-refractivity contribution in [3.8, 4) is 0 Å². The fourth-order valence-electron chi connectivity index (χ4n) is 2.10. The van der Waals surface area contributed by atoms with Crippen molar-refractivity contribution in [3.63, 3.8) is 0 Å². The quantitative estimate of drug-likeness (QED) is 0.278. The summed E-state index contributed by atoms with van der Waals surface area (Å²) in [5.41, 5.74) is 2.41. The highest BCUT2D eigenvalue weighted by Crippen LogP contribution is 2.11. The molecule has 0 aliphatic heterocycles. The maximum Gasteiger partial charge on any atom is 0.191 e. The lowest BCUT2D eigenvalue weighted by atomic mass is 10.1. The van der Waals surface area contributed by atoms with Gasteiger partial charge in [0.15, 0.2) is 5.96 Å². The number of nitrogens with zero attached hydrogens (tertiary/aromatic N) is 1. The Bertz CT molecular complexity index is 424. The normalized spacial score (nSPS) is 11.0. The molecule has 126 valence electrons. The summed E-state index contributed by atoms with van der Waals surface area (Å²) < 4.78 is 5.23. The van der Waals surface area contributed by atoms with E-state index in [1.165, 1.54) is 30.4 Å². The second kappa shape index (κ2) is 13.8. The van der Waals surface area contributed by atoms with Gasteiger partial charge in [-0.05, 0) is 24.5 Å². The number of guanidine groups is 1. The van der Waals surface area contributed by atoms with Gasteiger partial charge in [0.25, 0.3) is 0 Å². The second-order valence-corrected chi connectivity index (χ2v) is 5.03. The fraction of sp³-hybridized carbons (Fsp3) is 0.588. The number of nitrogens with one attached hydrogen (secondary N) is 2. The number of benzene rings is 1. The number of halogens is 1. The minimum Gasteiger partial charge on any atom is -0.380 e. The molecule has 0 atom stereocenters. The first-order valence-electron chi connectivity index (χ1n) is 7.89. The van der Waals surface area contributed by atoms with Gasteiger partial charge in [-0.3, -0.25) is 0 Å². The summed E-state index contributed by atoms with van der Waals surface area (Å²) in [6.45, 7) is 7.45. The highest BCUT2D eigenvalue weighted by Gasteiger charge is 2.02. The van der Waals surface area contributed by atoms with Crippen LogP contribution in [0.2, 0.25) is 0 Å². The van der Waals surface area contributed by atoms with E-state index in [9.17, 15) is 0 Å². The molecule has 0 unspecified atom stereocenters. The summed E-state index contributed by atoms with van der Waals surface area (Å²) >= 11 is 0. The van der Waals surface area contributed by atoms with E-state index in [1.807, 2.05) is 12.1 Å². The molecule has 0 bridgehead atoms. The molecule has 1 rings (SSSR count). The largest absolute Gasteiger partial charge is 0.380 e. The maximum absolute atomic E-state index is 5.23. The van der Waals surface area contributed by atoms with Crippen LogP contribution in [-0.2, 0) is 17.9 Å². The van der Waals surface area contributed by atoms with Gasteiger partial charge in [0.2, 0.25) is 0 Å². The Balaban J connectivity index is 0.00000441. The van der Waals surface area contributed by atoms with Crippen molar-refractivity contribution in [1.29, 1.82) is 0 Å². The zero-order valence-corrected chi connectivity index (χ0v) is 16.4. The van der Waals surface area contributed by atoms with E-state index in [1.54, 1.807) is 7.11 Å². The molecule has 1 aromatic rings. The van der Waals surface area contributed by atoms with Crippen LogP contribution >= 0.6 is 24.0 Å². The number of rotatable bonds is 9. The summed E-state index contributed by atoms with van der Waals surface area (Å²) in [4.78, 5) is 4.66. The number of methoxy groups -OCH3 is 1. The molecule has 0 heterocycles. The Hall–Kier alpha value is -0.820. The summed E-state index contributed by atoms with van der Waals surface area (Å²) in [6.07, 6.45) is 3.67. The van der Waals surface area contributed by atoms with Gasteiger partial charge in [-0.25, -0.2) is 4.99 Å². The standard InChI is InChI=1S/C17H29N3O.HI/c1-4-6-9-12-19-17(18-5-2)20-13-15-10-7-8-11-16(15)14-21-3;/h7-8,10-11H,4-6,9,12-14H2,1-3H3,(H2,18,19,20);1H. The topological polar surface area (TPSA) is 45.7 Å². The van der Waals surface area contributed by atoms with Crippen molar-refractivity contribution >= 4 is 29.9 Å². The number of aliphatic imine (C=N–C) groups is 1. The zero-order chi connectivity index (χ0) is 15.3. The smallest absolute Gasteiger partial charge is 0.191 e. The van der Waals surface area contributed by atoms with E-state index in [2.05, 4.69) is 41.6 Å². The number of hydrogen-bond acceptors (Lipinski definition) is 2. The Labute approximate surface area is 152 Å². The SMILES string of the molecule is CCCCCNC(=NCc1ccccc1COC)NCC.I. The van der Waals surface area contributed by atoms with E-state index in [-0.39, 0.29) is 24.0 Å². The Morgan fingerprint density at radius 2 is 1.82 bits per heavy atom. The molecule has 0 saturated heterocycles. The van der Waals surface area contributed by atoms with Gasteiger partial charge >= 0.3 is 0 Å². The highest BCUT2D eigenvalue weighted by atomic mass is 127. The predicted octanol–water partition coefficient (Wildman–Crippen LogP) is 3.70. The van der Waals surface area contributed by atoms with Crippen molar-refractivity contribution in [1.82, 2.24) is 10.6 Å². The molecule has 0 radical (unpaired) electrons. The van der Waals surface area contributed by atoms with Crippen molar-refractivity contribution in [2.24, 2.45) is 4.99 Å². The van der Waals surface area contributed by atoms with Gasteiger partial charge in [0, 0.05) is 20.2 Å². The van der Waals surface area contributed by atoms with Gasteiger partial charge in [0.05, 0.1) is 13.2 Å². The first kappa shape index (κ1) is 21.2. The summed E-state index contributed by atoms with van der Waals surface area (Å²) in [5, 5.41) is 6.67. The number of hydrogen-bond donors (Lipinski definition) is 2. The first-order valence-corrected chi connectivity index (χ1v) is 7.89. The molecule has 0 fully saturated rings. The Kier molecular flexibility index (Phi) is 13.3. The van der Waals surface area contributed by atoms with Crippen LogP contribution < -0.4 is 10.6 Å². The van der Waals surface area contributed by atoms with Gasteiger partial charge in [-0.2, -0.15) is 0 Å². The van der Waals surface area contributed by atoms with E-state index < -0.39 is 0 Å². The molecule has 4 nitrogen and oxygen atoms in total. The lowest BCUT2D eigenvalue weighted by Gasteiger charge is -2.12. The predicted molar refractivity (Wildman–Crippen MR) is 105 cm³/mol. The van der Waals surface area contributed by atoms with Crippen LogP contribution in [0.4, 0.5) is 0 Å². The number of ether oxygens (including phenoxy) is 1. The van der Waals surface area contributed by atoms with E-state index in [0.717, 1.165) is 19.0 Å².